The first-order valence-electron chi connectivity index (χ1n) is 6.78. The van der Waals surface area contributed by atoms with Crippen molar-refractivity contribution in [2.24, 2.45) is 5.73 Å². The molecule has 2 heteroatoms. The van der Waals surface area contributed by atoms with Gasteiger partial charge in [-0.1, -0.05) is 54.6 Å². The normalized spacial score (nSPS) is 16.9. The lowest BCUT2D eigenvalue weighted by atomic mass is 9.75. The van der Waals surface area contributed by atoms with Crippen molar-refractivity contribution in [3.05, 3.63) is 60.2 Å². The van der Waals surface area contributed by atoms with Gasteiger partial charge in [0.1, 0.15) is 0 Å². The minimum absolute atomic E-state index is 0.157. The van der Waals surface area contributed by atoms with Crippen LogP contribution in [0.15, 0.2) is 54.6 Å². The molecule has 2 aromatic rings. The summed E-state index contributed by atoms with van der Waals surface area (Å²) in [4.78, 5) is 0. The lowest BCUT2D eigenvalue weighted by Gasteiger charge is -2.42. The van der Waals surface area contributed by atoms with Crippen molar-refractivity contribution in [2.45, 2.75) is 11.8 Å². The standard InChI is InChI=1S/C17H19NO/c18-11-10-17(12-19-13-17)16-8-6-15(7-9-16)14-4-2-1-3-5-14/h1-9H,10-13,18H2. The molecule has 2 N–H and O–H groups in total. The second-order valence-corrected chi connectivity index (χ2v) is 5.26. The Kier molecular flexibility index (Phi) is 3.36. The average Bonchev–Trinajstić information content (AvgIpc) is 2.44. The fraction of sp³-hybridized carbons (Fsp3) is 0.294. The zero-order valence-corrected chi connectivity index (χ0v) is 11.0. The van der Waals surface area contributed by atoms with Gasteiger partial charge in [-0.2, -0.15) is 0 Å². The van der Waals surface area contributed by atoms with Crippen LogP contribution in [0.2, 0.25) is 0 Å². The molecule has 19 heavy (non-hydrogen) atoms. The number of ether oxygens (including phenoxy) is 1. The van der Waals surface area contributed by atoms with Gasteiger partial charge in [-0.25, -0.2) is 0 Å². The largest absolute Gasteiger partial charge is 0.379 e. The maximum atomic E-state index is 5.73. The molecule has 0 amide bonds. The molecule has 0 spiro atoms. The van der Waals surface area contributed by atoms with Crippen molar-refractivity contribution in [1.29, 1.82) is 0 Å². The number of rotatable bonds is 4. The summed E-state index contributed by atoms with van der Waals surface area (Å²) in [5.41, 5.74) is 9.75. The zero-order chi connectivity index (χ0) is 13.1. The van der Waals surface area contributed by atoms with E-state index in [2.05, 4.69) is 48.5 Å². The molecule has 2 nitrogen and oxygen atoms in total. The van der Waals surface area contributed by atoms with Gasteiger partial charge in [0.15, 0.2) is 0 Å². The SMILES string of the molecule is NCCC1(c2ccc(-c3ccccc3)cc2)COC1. The van der Waals surface area contributed by atoms with Crippen LogP contribution in [0.5, 0.6) is 0 Å². The van der Waals surface area contributed by atoms with Gasteiger partial charge in [0, 0.05) is 5.41 Å². The molecule has 1 saturated heterocycles. The molecular weight excluding hydrogens is 234 g/mol. The molecule has 0 radical (unpaired) electrons. The fourth-order valence-corrected chi connectivity index (χ4v) is 2.73. The second kappa shape index (κ2) is 5.16. The highest BCUT2D eigenvalue weighted by atomic mass is 16.5. The van der Waals surface area contributed by atoms with Crippen molar-refractivity contribution in [2.75, 3.05) is 19.8 Å². The van der Waals surface area contributed by atoms with E-state index in [0.717, 1.165) is 19.6 Å². The van der Waals surface area contributed by atoms with Gasteiger partial charge >= 0.3 is 0 Å². The van der Waals surface area contributed by atoms with Gasteiger partial charge in [-0.15, -0.1) is 0 Å². The van der Waals surface area contributed by atoms with E-state index < -0.39 is 0 Å². The Morgan fingerprint density at radius 1 is 0.895 bits per heavy atom. The molecule has 2 aromatic carbocycles. The molecule has 98 valence electrons. The summed E-state index contributed by atoms with van der Waals surface area (Å²) in [6.07, 6.45) is 0.998. The fourth-order valence-electron chi connectivity index (χ4n) is 2.73. The highest BCUT2D eigenvalue weighted by Crippen LogP contribution is 2.36. The number of hydrogen-bond donors (Lipinski definition) is 1. The molecule has 0 aromatic heterocycles. The topological polar surface area (TPSA) is 35.2 Å². The van der Waals surface area contributed by atoms with Crippen LogP contribution in [-0.4, -0.2) is 19.8 Å². The summed E-state index contributed by atoms with van der Waals surface area (Å²) in [6.45, 7) is 2.31. The predicted molar refractivity (Wildman–Crippen MR) is 78.0 cm³/mol. The monoisotopic (exact) mass is 253 g/mol. The summed E-state index contributed by atoms with van der Waals surface area (Å²) < 4.78 is 5.40. The smallest absolute Gasteiger partial charge is 0.0586 e. The molecule has 1 aliphatic rings. The van der Waals surface area contributed by atoms with Crippen molar-refractivity contribution in [3.8, 4) is 11.1 Å². The number of hydrogen-bond acceptors (Lipinski definition) is 2. The molecular formula is C17H19NO. The molecule has 3 rings (SSSR count). The third-order valence-corrected chi connectivity index (χ3v) is 3.98. The van der Waals surface area contributed by atoms with Gasteiger partial charge in [0.25, 0.3) is 0 Å². The van der Waals surface area contributed by atoms with Crippen LogP contribution in [-0.2, 0) is 10.2 Å². The Labute approximate surface area is 114 Å². The highest BCUT2D eigenvalue weighted by molar-refractivity contribution is 5.63. The van der Waals surface area contributed by atoms with Crippen LogP contribution in [0.4, 0.5) is 0 Å². The molecule has 1 heterocycles. The lowest BCUT2D eigenvalue weighted by Crippen LogP contribution is -2.48. The maximum absolute atomic E-state index is 5.73. The van der Waals surface area contributed by atoms with Crippen molar-refractivity contribution in [3.63, 3.8) is 0 Å². The zero-order valence-electron chi connectivity index (χ0n) is 11.0. The predicted octanol–water partition coefficient (Wildman–Crippen LogP) is 2.97. The first-order chi connectivity index (χ1) is 9.34. The molecule has 1 fully saturated rings. The van der Waals surface area contributed by atoms with Gasteiger partial charge < -0.3 is 10.5 Å². The molecule has 0 saturated carbocycles. The van der Waals surface area contributed by atoms with Crippen molar-refractivity contribution < 1.29 is 4.74 Å². The van der Waals surface area contributed by atoms with Crippen LogP contribution in [0.3, 0.4) is 0 Å². The first kappa shape index (κ1) is 12.4. The summed E-state index contributed by atoms with van der Waals surface area (Å²) >= 11 is 0. The van der Waals surface area contributed by atoms with Crippen LogP contribution >= 0.6 is 0 Å². The van der Waals surface area contributed by atoms with E-state index in [1.54, 1.807) is 0 Å². The molecule has 0 aliphatic carbocycles. The van der Waals surface area contributed by atoms with Crippen LogP contribution in [0, 0.1) is 0 Å². The van der Waals surface area contributed by atoms with E-state index in [1.807, 2.05) is 6.07 Å². The summed E-state index contributed by atoms with van der Waals surface area (Å²) in [5.74, 6) is 0. The van der Waals surface area contributed by atoms with Crippen molar-refractivity contribution >= 4 is 0 Å². The van der Waals surface area contributed by atoms with E-state index in [0.29, 0.717) is 6.54 Å². The average molecular weight is 253 g/mol. The van der Waals surface area contributed by atoms with Crippen LogP contribution < -0.4 is 5.73 Å². The highest BCUT2D eigenvalue weighted by Gasteiger charge is 2.39. The number of benzene rings is 2. The Morgan fingerprint density at radius 3 is 2.05 bits per heavy atom. The summed E-state index contributed by atoms with van der Waals surface area (Å²) in [5, 5.41) is 0. The van der Waals surface area contributed by atoms with E-state index in [9.17, 15) is 0 Å². The molecule has 0 unspecified atom stereocenters. The lowest BCUT2D eigenvalue weighted by molar-refractivity contribution is -0.0631. The van der Waals surface area contributed by atoms with E-state index in [1.165, 1.54) is 16.7 Å². The molecule has 0 bridgehead atoms. The summed E-state index contributed by atoms with van der Waals surface area (Å²) in [6, 6.07) is 19.3. The van der Waals surface area contributed by atoms with E-state index in [4.69, 9.17) is 10.5 Å². The Hall–Kier alpha value is -1.64. The van der Waals surface area contributed by atoms with Gasteiger partial charge in [0.05, 0.1) is 13.2 Å². The number of nitrogens with two attached hydrogens (primary N) is 1. The van der Waals surface area contributed by atoms with E-state index in [-0.39, 0.29) is 5.41 Å². The van der Waals surface area contributed by atoms with Crippen LogP contribution in [0.25, 0.3) is 11.1 Å². The minimum atomic E-state index is 0.157. The first-order valence-corrected chi connectivity index (χ1v) is 6.78. The molecule has 1 aliphatic heterocycles. The van der Waals surface area contributed by atoms with Gasteiger partial charge in [0.2, 0.25) is 0 Å². The minimum Gasteiger partial charge on any atom is -0.379 e. The Morgan fingerprint density at radius 2 is 1.53 bits per heavy atom. The molecule has 0 atom stereocenters. The van der Waals surface area contributed by atoms with Gasteiger partial charge in [-0.05, 0) is 29.7 Å². The summed E-state index contributed by atoms with van der Waals surface area (Å²) in [7, 11) is 0. The maximum Gasteiger partial charge on any atom is 0.0586 e. The third kappa shape index (κ3) is 2.29. The quantitative estimate of drug-likeness (QED) is 0.909. The van der Waals surface area contributed by atoms with Crippen molar-refractivity contribution in [1.82, 2.24) is 0 Å². The second-order valence-electron chi connectivity index (χ2n) is 5.26. The Balaban J connectivity index is 1.87. The Bertz CT molecular complexity index is 529. The van der Waals surface area contributed by atoms with Crippen LogP contribution in [0.1, 0.15) is 12.0 Å². The van der Waals surface area contributed by atoms with Gasteiger partial charge in [-0.3, -0.25) is 0 Å². The third-order valence-electron chi connectivity index (χ3n) is 3.98. The van der Waals surface area contributed by atoms with E-state index >= 15 is 0 Å².